The molecule has 118 valence electrons. The van der Waals surface area contributed by atoms with Crippen molar-refractivity contribution in [1.29, 1.82) is 0 Å². The second kappa shape index (κ2) is 6.60. The molecule has 1 saturated carbocycles. The summed E-state index contributed by atoms with van der Waals surface area (Å²) in [4.78, 5) is 8.00. The van der Waals surface area contributed by atoms with Gasteiger partial charge in [0, 0.05) is 24.2 Å². The van der Waals surface area contributed by atoms with Gasteiger partial charge < -0.3 is 10.5 Å². The van der Waals surface area contributed by atoms with Gasteiger partial charge in [-0.3, -0.25) is 0 Å². The van der Waals surface area contributed by atoms with Gasteiger partial charge in [0.25, 0.3) is 0 Å². The molecular formula is C14H20F3N3O. The van der Waals surface area contributed by atoms with Crippen molar-refractivity contribution in [2.75, 3.05) is 7.11 Å². The summed E-state index contributed by atoms with van der Waals surface area (Å²) < 4.78 is 43.5. The number of aromatic nitrogens is 2. The summed E-state index contributed by atoms with van der Waals surface area (Å²) in [7, 11) is 1.50. The van der Waals surface area contributed by atoms with Gasteiger partial charge in [-0.05, 0) is 25.2 Å². The monoisotopic (exact) mass is 303 g/mol. The average Bonchev–Trinajstić information content (AvgIpc) is 2.46. The van der Waals surface area contributed by atoms with Gasteiger partial charge in [0.1, 0.15) is 6.33 Å². The molecule has 2 rings (SSSR count). The van der Waals surface area contributed by atoms with Crippen LogP contribution in [0.5, 0.6) is 5.88 Å². The lowest BCUT2D eigenvalue weighted by Gasteiger charge is -2.33. The Bertz CT molecular complexity index is 467. The second-order valence-electron chi connectivity index (χ2n) is 5.58. The summed E-state index contributed by atoms with van der Waals surface area (Å²) >= 11 is 0. The Balaban J connectivity index is 1.97. The minimum absolute atomic E-state index is 0.118. The zero-order valence-electron chi connectivity index (χ0n) is 11.9. The molecule has 0 aromatic carbocycles. The van der Waals surface area contributed by atoms with Crippen LogP contribution >= 0.6 is 0 Å². The normalized spacial score (nSPS) is 24.6. The number of hydrogen-bond donors (Lipinski definition) is 1. The molecule has 1 aromatic rings. The Morgan fingerprint density at radius 1 is 1.38 bits per heavy atom. The van der Waals surface area contributed by atoms with E-state index in [0.717, 1.165) is 6.42 Å². The van der Waals surface area contributed by atoms with Crippen molar-refractivity contribution >= 4 is 0 Å². The van der Waals surface area contributed by atoms with E-state index in [0.29, 0.717) is 24.4 Å². The van der Waals surface area contributed by atoms with Crippen LogP contribution < -0.4 is 10.5 Å². The van der Waals surface area contributed by atoms with E-state index in [4.69, 9.17) is 10.5 Å². The van der Waals surface area contributed by atoms with Gasteiger partial charge in [0.2, 0.25) is 5.88 Å². The summed E-state index contributed by atoms with van der Waals surface area (Å²) in [6, 6.07) is 1.35. The number of methoxy groups -OCH3 is 1. The zero-order chi connectivity index (χ0) is 15.5. The summed E-state index contributed by atoms with van der Waals surface area (Å²) in [6.45, 7) is 0. The SMILES string of the molecule is COc1cc(CC(N)C2CCCC(C(F)(F)F)C2)ncn1. The molecule has 0 saturated heterocycles. The van der Waals surface area contributed by atoms with E-state index in [2.05, 4.69) is 9.97 Å². The van der Waals surface area contributed by atoms with Crippen LogP contribution in [0, 0.1) is 11.8 Å². The van der Waals surface area contributed by atoms with Crippen LogP contribution in [0.3, 0.4) is 0 Å². The Morgan fingerprint density at radius 3 is 2.81 bits per heavy atom. The molecule has 7 heteroatoms. The van der Waals surface area contributed by atoms with Gasteiger partial charge in [-0.25, -0.2) is 9.97 Å². The van der Waals surface area contributed by atoms with Gasteiger partial charge in [-0.2, -0.15) is 13.2 Å². The summed E-state index contributed by atoms with van der Waals surface area (Å²) in [5.74, 6) is -0.905. The molecule has 1 aliphatic rings. The Labute approximate surface area is 121 Å². The van der Waals surface area contributed by atoms with Crippen LogP contribution in [0.1, 0.15) is 31.4 Å². The fraction of sp³-hybridized carbons (Fsp3) is 0.714. The minimum atomic E-state index is -4.11. The number of ether oxygens (including phenoxy) is 1. The van der Waals surface area contributed by atoms with E-state index in [1.165, 1.54) is 13.4 Å². The van der Waals surface area contributed by atoms with Crippen molar-refractivity contribution in [3.05, 3.63) is 18.1 Å². The Hall–Kier alpha value is -1.37. The van der Waals surface area contributed by atoms with E-state index in [1.54, 1.807) is 6.07 Å². The van der Waals surface area contributed by atoms with Crippen molar-refractivity contribution in [1.82, 2.24) is 9.97 Å². The Morgan fingerprint density at radius 2 is 2.14 bits per heavy atom. The maximum absolute atomic E-state index is 12.8. The van der Waals surface area contributed by atoms with E-state index >= 15 is 0 Å². The molecule has 3 unspecified atom stereocenters. The summed E-state index contributed by atoms with van der Waals surface area (Å²) in [5.41, 5.74) is 6.81. The molecule has 1 aromatic heterocycles. The molecule has 0 aliphatic heterocycles. The first-order chi connectivity index (χ1) is 9.90. The molecular weight excluding hydrogens is 283 g/mol. The summed E-state index contributed by atoms with van der Waals surface area (Å²) in [5, 5.41) is 0. The molecule has 0 radical (unpaired) electrons. The van der Waals surface area contributed by atoms with Gasteiger partial charge in [-0.15, -0.1) is 0 Å². The number of nitrogens with zero attached hydrogens (tertiary/aromatic N) is 2. The first kappa shape index (κ1) is 16.0. The van der Waals surface area contributed by atoms with Gasteiger partial charge in [-0.1, -0.05) is 6.42 Å². The molecule has 0 bridgehead atoms. The molecule has 0 spiro atoms. The highest BCUT2D eigenvalue weighted by Gasteiger charge is 2.43. The van der Waals surface area contributed by atoms with E-state index < -0.39 is 12.1 Å². The van der Waals surface area contributed by atoms with Crippen molar-refractivity contribution in [3.63, 3.8) is 0 Å². The number of hydrogen-bond acceptors (Lipinski definition) is 4. The predicted octanol–water partition coefficient (Wildman–Crippen LogP) is 2.72. The zero-order valence-corrected chi connectivity index (χ0v) is 11.9. The molecule has 21 heavy (non-hydrogen) atoms. The molecule has 0 amide bonds. The van der Waals surface area contributed by atoms with Gasteiger partial charge >= 0.3 is 6.18 Å². The fourth-order valence-corrected chi connectivity index (χ4v) is 2.92. The molecule has 1 aliphatic carbocycles. The van der Waals surface area contributed by atoms with Crippen LogP contribution in [-0.4, -0.2) is 29.3 Å². The number of rotatable bonds is 4. The highest BCUT2D eigenvalue weighted by atomic mass is 19.4. The topological polar surface area (TPSA) is 61.0 Å². The van der Waals surface area contributed by atoms with E-state index in [-0.39, 0.29) is 24.8 Å². The quantitative estimate of drug-likeness (QED) is 0.929. The molecule has 1 fully saturated rings. The van der Waals surface area contributed by atoms with Gasteiger partial charge in [0.15, 0.2) is 0 Å². The molecule has 2 N–H and O–H groups in total. The van der Waals surface area contributed by atoms with Crippen LogP contribution in [0.25, 0.3) is 0 Å². The lowest BCUT2D eigenvalue weighted by atomic mass is 9.76. The highest BCUT2D eigenvalue weighted by Crippen LogP contribution is 2.40. The second-order valence-corrected chi connectivity index (χ2v) is 5.58. The smallest absolute Gasteiger partial charge is 0.391 e. The van der Waals surface area contributed by atoms with Crippen molar-refractivity contribution in [3.8, 4) is 5.88 Å². The standard InChI is InChI=1S/C14H20F3N3O/c1-21-13-7-11(19-8-20-13)6-12(18)9-3-2-4-10(5-9)14(15,16)17/h7-10,12H,2-6,18H2,1H3. The van der Waals surface area contributed by atoms with Crippen LogP contribution in [-0.2, 0) is 6.42 Å². The Kier molecular flexibility index (Phi) is 5.03. The molecule has 1 heterocycles. The lowest BCUT2D eigenvalue weighted by molar-refractivity contribution is -0.186. The third kappa shape index (κ3) is 4.30. The van der Waals surface area contributed by atoms with Crippen molar-refractivity contribution in [2.24, 2.45) is 17.6 Å². The molecule has 4 nitrogen and oxygen atoms in total. The van der Waals surface area contributed by atoms with Crippen LogP contribution in [0.4, 0.5) is 13.2 Å². The molecule has 3 atom stereocenters. The van der Waals surface area contributed by atoms with E-state index in [1.807, 2.05) is 0 Å². The third-order valence-electron chi connectivity index (χ3n) is 4.14. The van der Waals surface area contributed by atoms with E-state index in [9.17, 15) is 13.2 Å². The largest absolute Gasteiger partial charge is 0.481 e. The third-order valence-corrected chi connectivity index (χ3v) is 4.14. The summed E-state index contributed by atoms with van der Waals surface area (Å²) in [6.07, 6.45) is -0.641. The number of halogens is 3. The first-order valence-electron chi connectivity index (χ1n) is 7.07. The van der Waals surface area contributed by atoms with Crippen LogP contribution in [0.2, 0.25) is 0 Å². The predicted molar refractivity (Wildman–Crippen MR) is 71.8 cm³/mol. The number of nitrogens with two attached hydrogens (primary N) is 1. The van der Waals surface area contributed by atoms with Crippen molar-refractivity contribution in [2.45, 2.75) is 44.3 Å². The lowest BCUT2D eigenvalue weighted by Crippen LogP contribution is -2.39. The fourth-order valence-electron chi connectivity index (χ4n) is 2.92. The number of alkyl halides is 3. The highest BCUT2D eigenvalue weighted by molar-refractivity contribution is 5.14. The van der Waals surface area contributed by atoms with Crippen molar-refractivity contribution < 1.29 is 17.9 Å². The maximum atomic E-state index is 12.8. The average molecular weight is 303 g/mol. The van der Waals surface area contributed by atoms with Gasteiger partial charge in [0.05, 0.1) is 13.0 Å². The van der Waals surface area contributed by atoms with Crippen LogP contribution in [0.15, 0.2) is 12.4 Å². The minimum Gasteiger partial charge on any atom is -0.481 e. The maximum Gasteiger partial charge on any atom is 0.391 e. The first-order valence-corrected chi connectivity index (χ1v) is 7.07.